The number of benzene rings is 1. The third-order valence-corrected chi connectivity index (χ3v) is 6.68. The second-order valence-electron chi connectivity index (χ2n) is 7.69. The quantitative estimate of drug-likeness (QED) is 0.669. The van der Waals surface area contributed by atoms with Crippen LogP contribution in [0.3, 0.4) is 0 Å². The number of halogens is 1. The second kappa shape index (κ2) is 8.56. The number of thiophene rings is 1. The number of hydrogen-bond donors (Lipinski definition) is 1. The van der Waals surface area contributed by atoms with Gasteiger partial charge < -0.3 is 10.1 Å². The van der Waals surface area contributed by atoms with Gasteiger partial charge in [-0.2, -0.15) is 0 Å². The van der Waals surface area contributed by atoms with Crippen molar-refractivity contribution in [1.82, 2.24) is 5.32 Å². The highest BCUT2D eigenvalue weighted by atomic mass is 32.1. The van der Waals surface area contributed by atoms with Crippen LogP contribution in [0, 0.1) is 5.82 Å². The van der Waals surface area contributed by atoms with E-state index in [9.17, 15) is 14.0 Å². The normalized spacial score (nSPS) is 21.4. The van der Waals surface area contributed by atoms with Crippen LogP contribution in [0.4, 0.5) is 4.39 Å². The van der Waals surface area contributed by atoms with Gasteiger partial charge in [0.1, 0.15) is 5.82 Å². The van der Waals surface area contributed by atoms with Gasteiger partial charge in [-0.3, -0.25) is 4.79 Å². The number of ketones is 1. The lowest BCUT2D eigenvalue weighted by Crippen LogP contribution is -2.36. The Morgan fingerprint density at radius 3 is 2.73 bits per heavy atom. The third kappa shape index (κ3) is 3.72. The molecular formula is C24H24FNO3S. The van der Waals surface area contributed by atoms with Crippen molar-refractivity contribution in [1.29, 1.82) is 0 Å². The molecule has 1 N–H and O–H groups in total. The average molecular weight is 426 g/mol. The van der Waals surface area contributed by atoms with Crippen LogP contribution in [-0.4, -0.2) is 18.4 Å². The van der Waals surface area contributed by atoms with Crippen LogP contribution in [-0.2, 0) is 14.3 Å². The van der Waals surface area contributed by atoms with Crippen LogP contribution in [0.5, 0.6) is 0 Å². The van der Waals surface area contributed by atoms with E-state index in [0.29, 0.717) is 41.7 Å². The van der Waals surface area contributed by atoms with Gasteiger partial charge in [-0.05, 0) is 37.3 Å². The Labute approximate surface area is 179 Å². The summed E-state index contributed by atoms with van der Waals surface area (Å²) in [5.41, 5.74) is 2.53. The van der Waals surface area contributed by atoms with Gasteiger partial charge in [0.2, 0.25) is 0 Å². The zero-order valence-electron chi connectivity index (χ0n) is 17.0. The summed E-state index contributed by atoms with van der Waals surface area (Å²) in [6.07, 6.45) is 1.69. The Balaban J connectivity index is 1.81. The largest absolute Gasteiger partial charge is 0.462 e. The van der Waals surface area contributed by atoms with E-state index in [1.165, 1.54) is 6.07 Å². The smallest absolute Gasteiger partial charge is 0.336 e. The van der Waals surface area contributed by atoms with Gasteiger partial charge in [0.05, 0.1) is 18.1 Å². The van der Waals surface area contributed by atoms with Crippen molar-refractivity contribution in [2.75, 3.05) is 6.61 Å². The van der Waals surface area contributed by atoms with Gasteiger partial charge in [0.25, 0.3) is 0 Å². The molecule has 1 aromatic carbocycles. The lowest BCUT2D eigenvalue weighted by Gasteiger charge is -2.36. The number of dihydropyridines is 1. The molecule has 0 fully saturated rings. The summed E-state index contributed by atoms with van der Waals surface area (Å²) in [4.78, 5) is 27.4. The summed E-state index contributed by atoms with van der Waals surface area (Å²) in [5.74, 6) is -1.66. The maximum absolute atomic E-state index is 14.8. The molecule has 30 heavy (non-hydrogen) atoms. The highest BCUT2D eigenvalue weighted by Gasteiger charge is 2.42. The lowest BCUT2D eigenvalue weighted by molar-refractivity contribution is -0.139. The molecule has 2 heterocycles. The van der Waals surface area contributed by atoms with Gasteiger partial charge in [-0.25, -0.2) is 9.18 Å². The SMILES string of the molecule is CCCOC(=O)C1=C(C)NC2=C(C(=O)C[C@@H](c3cccs3)C2)[C@H]1c1ccccc1F. The van der Waals surface area contributed by atoms with Gasteiger partial charge in [0.15, 0.2) is 5.78 Å². The summed E-state index contributed by atoms with van der Waals surface area (Å²) in [6, 6.07) is 10.4. The minimum atomic E-state index is -0.761. The van der Waals surface area contributed by atoms with Gasteiger partial charge >= 0.3 is 5.97 Å². The Bertz CT molecular complexity index is 1040. The van der Waals surface area contributed by atoms with Crippen LogP contribution in [0.25, 0.3) is 0 Å². The van der Waals surface area contributed by atoms with Crippen molar-refractivity contribution in [2.45, 2.75) is 44.9 Å². The predicted molar refractivity (Wildman–Crippen MR) is 115 cm³/mol. The molecule has 2 atom stereocenters. The first-order chi connectivity index (χ1) is 14.5. The van der Waals surface area contributed by atoms with E-state index in [2.05, 4.69) is 5.32 Å². The number of carbonyl (C=O) groups is 2. The lowest BCUT2D eigenvalue weighted by atomic mass is 9.72. The molecule has 6 heteroatoms. The highest BCUT2D eigenvalue weighted by Crippen LogP contribution is 2.46. The molecule has 0 unspecified atom stereocenters. The third-order valence-electron chi connectivity index (χ3n) is 5.65. The van der Waals surface area contributed by atoms with E-state index >= 15 is 0 Å². The molecule has 0 radical (unpaired) electrons. The molecule has 2 aromatic rings. The zero-order chi connectivity index (χ0) is 21.3. The minimum absolute atomic E-state index is 0.0521. The number of rotatable bonds is 5. The Hall–Kier alpha value is -2.73. The first-order valence-corrected chi connectivity index (χ1v) is 11.1. The number of ether oxygens (including phenoxy) is 1. The summed E-state index contributed by atoms with van der Waals surface area (Å²) in [6.45, 7) is 3.98. The predicted octanol–water partition coefficient (Wildman–Crippen LogP) is 5.20. The molecule has 2 aliphatic rings. The molecule has 1 aromatic heterocycles. The van der Waals surface area contributed by atoms with E-state index in [-0.39, 0.29) is 18.3 Å². The summed E-state index contributed by atoms with van der Waals surface area (Å²) >= 11 is 1.64. The minimum Gasteiger partial charge on any atom is -0.462 e. The van der Waals surface area contributed by atoms with Gasteiger partial charge in [-0.1, -0.05) is 31.2 Å². The number of allylic oxidation sites excluding steroid dienone is 3. The van der Waals surface area contributed by atoms with Crippen LogP contribution in [0.2, 0.25) is 0 Å². The topological polar surface area (TPSA) is 55.4 Å². The first kappa shape index (κ1) is 20.5. The monoisotopic (exact) mass is 425 g/mol. The van der Waals surface area contributed by atoms with Crippen LogP contribution in [0.15, 0.2) is 64.3 Å². The summed E-state index contributed by atoms with van der Waals surface area (Å²) in [7, 11) is 0. The van der Waals surface area contributed by atoms with E-state index in [1.54, 1.807) is 36.5 Å². The number of nitrogens with one attached hydrogen (secondary N) is 1. The molecule has 156 valence electrons. The first-order valence-electron chi connectivity index (χ1n) is 10.2. The van der Waals surface area contributed by atoms with Crippen LogP contribution < -0.4 is 5.32 Å². The molecule has 1 aliphatic heterocycles. The number of carbonyl (C=O) groups excluding carboxylic acids is 2. The number of hydrogen-bond acceptors (Lipinski definition) is 5. The molecule has 4 nitrogen and oxygen atoms in total. The second-order valence-corrected chi connectivity index (χ2v) is 8.67. The Kier molecular flexibility index (Phi) is 5.86. The van der Waals surface area contributed by atoms with Crippen molar-refractivity contribution >= 4 is 23.1 Å². The molecule has 0 saturated carbocycles. The number of Topliss-reactive ketones (excluding diaryl/α,β-unsaturated/α-hetero) is 1. The van der Waals surface area contributed by atoms with E-state index < -0.39 is 17.7 Å². The Morgan fingerprint density at radius 1 is 1.23 bits per heavy atom. The maximum Gasteiger partial charge on any atom is 0.336 e. The molecule has 0 spiro atoms. The average Bonchev–Trinajstić information content (AvgIpc) is 3.26. The molecule has 0 amide bonds. The molecule has 1 aliphatic carbocycles. The fraction of sp³-hybridized carbons (Fsp3) is 0.333. The van der Waals surface area contributed by atoms with Crippen LogP contribution >= 0.6 is 11.3 Å². The van der Waals surface area contributed by atoms with Crippen molar-refractivity contribution in [3.05, 3.63) is 80.6 Å². The summed E-state index contributed by atoms with van der Waals surface area (Å²) < 4.78 is 20.2. The van der Waals surface area contributed by atoms with E-state index in [0.717, 1.165) is 10.6 Å². The molecule has 0 bridgehead atoms. The Morgan fingerprint density at radius 2 is 2.03 bits per heavy atom. The summed E-state index contributed by atoms with van der Waals surface area (Å²) in [5, 5.41) is 5.29. The van der Waals surface area contributed by atoms with Crippen molar-refractivity contribution in [3.63, 3.8) is 0 Å². The fourth-order valence-electron chi connectivity index (χ4n) is 4.33. The van der Waals surface area contributed by atoms with E-state index in [1.807, 2.05) is 24.4 Å². The maximum atomic E-state index is 14.8. The van der Waals surface area contributed by atoms with Crippen molar-refractivity contribution in [3.8, 4) is 0 Å². The molecular weight excluding hydrogens is 401 g/mol. The van der Waals surface area contributed by atoms with Crippen molar-refractivity contribution in [2.24, 2.45) is 0 Å². The van der Waals surface area contributed by atoms with Gasteiger partial charge in [-0.15, -0.1) is 11.3 Å². The standard InChI is InChI=1S/C24H24FNO3S/c1-3-10-29-24(28)21-14(2)26-18-12-15(20-9-6-11-30-20)13-19(27)23(18)22(21)16-7-4-5-8-17(16)25/h4-9,11,15,22,26H,3,10,12-13H2,1-2H3/t15-,22-/m0/s1. The highest BCUT2D eigenvalue weighted by molar-refractivity contribution is 7.10. The number of esters is 1. The zero-order valence-corrected chi connectivity index (χ0v) is 17.9. The molecule has 0 saturated heterocycles. The molecule has 4 rings (SSSR count). The van der Waals surface area contributed by atoms with Crippen LogP contribution in [0.1, 0.15) is 55.4 Å². The van der Waals surface area contributed by atoms with Gasteiger partial charge in [0, 0.05) is 39.7 Å². The fourth-order valence-corrected chi connectivity index (χ4v) is 5.16. The van der Waals surface area contributed by atoms with E-state index in [4.69, 9.17) is 4.74 Å². The van der Waals surface area contributed by atoms with Crippen molar-refractivity contribution < 1.29 is 18.7 Å².